The van der Waals surface area contributed by atoms with Gasteiger partial charge in [-0.2, -0.15) is 5.26 Å². The van der Waals surface area contributed by atoms with Crippen LogP contribution in [-0.2, 0) is 4.74 Å². The van der Waals surface area contributed by atoms with Gasteiger partial charge in [-0.3, -0.25) is 0 Å². The molecule has 5 heteroatoms. The van der Waals surface area contributed by atoms with Gasteiger partial charge in [0.05, 0.1) is 30.6 Å². The van der Waals surface area contributed by atoms with Gasteiger partial charge in [0.2, 0.25) is 0 Å². The van der Waals surface area contributed by atoms with E-state index < -0.39 is 0 Å². The fraction of sp³-hybridized carbons (Fsp3) is 0.417. The normalized spacial score (nSPS) is 20.1. The van der Waals surface area contributed by atoms with Crippen molar-refractivity contribution < 1.29 is 9.84 Å². The lowest BCUT2D eigenvalue weighted by Crippen LogP contribution is -2.44. The number of hydrogen-bond acceptors (Lipinski definition) is 4. The number of hydrogen-bond donors (Lipinski definition) is 1. The minimum absolute atomic E-state index is 0.00634. The molecule has 2 rings (SSSR count). The number of aliphatic hydroxyl groups excluding tert-OH is 1. The van der Waals surface area contributed by atoms with E-state index in [0.29, 0.717) is 18.7 Å². The van der Waals surface area contributed by atoms with Gasteiger partial charge in [0.1, 0.15) is 6.07 Å². The molecule has 90 valence electrons. The first-order valence-corrected chi connectivity index (χ1v) is 6.21. The number of halogens is 1. The van der Waals surface area contributed by atoms with E-state index in [1.807, 2.05) is 12.1 Å². The number of anilines is 1. The Kier molecular flexibility index (Phi) is 4.00. The highest BCUT2D eigenvalue weighted by molar-refractivity contribution is 9.10. The molecule has 0 radical (unpaired) electrons. The summed E-state index contributed by atoms with van der Waals surface area (Å²) in [4.78, 5) is 2.08. The monoisotopic (exact) mass is 296 g/mol. The molecule has 1 N–H and O–H groups in total. The molecular formula is C12H13BrN2O2. The Hall–Kier alpha value is -1.09. The number of morpholine rings is 1. The maximum Gasteiger partial charge on any atom is 0.101 e. The van der Waals surface area contributed by atoms with Crippen LogP contribution >= 0.6 is 15.9 Å². The number of aliphatic hydroxyl groups is 1. The van der Waals surface area contributed by atoms with E-state index in [0.717, 1.165) is 16.7 Å². The minimum atomic E-state index is -0.172. The molecule has 1 heterocycles. The summed E-state index contributed by atoms with van der Waals surface area (Å²) in [6, 6.07) is 7.76. The molecule has 1 atom stereocenters. The summed E-state index contributed by atoms with van der Waals surface area (Å²) in [7, 11) is 0. The Morgan fingerprint density at radius 3 is 3.12 bits per heavy atom. The number of benzene rings is 1. The number of rotatable bonds is 2. The van der Waals surface area contributed by atoms with Crippen LogP contribution in [0.5, 0.6) is 0 Å². The zero-order valence-corrected chi connectivity index (χ0v) is 10.9. The van der Waals surface area contributed by atoms with E-state index in [1.54, 1.807) is 6.07 Å². The molecule has 1 unspecified atom stereocenters. The molecule has 17 heavy (non-hydrogen) atoms. The summed E-state index contributed by atoms with van der Waals surface area (Å²) < 4.78 is 6.34. The van der Waals surface area contributed by atoms with E-state index in [9.17, 15) is 0 Å². The van der Waals surface area contributed by atoms with Crippen molar-refractivity contribution in [2.24, 2.45) is 0 Å². The Bertz CT molecular complexity index is 445. The molecule has 0 spiro atoms. The van der Waals surface area contributed by atoms with Gasteiger partial charge in [0.25, 0.3) is 0 Å². The van der Waals surface area contributed by atoms with Gasteiger partial charge in [-0.15, -0.1) is 0 Å². The van der Waals surface area contributed by atoms with Crippen molar-refractivity contribution in [1.29, 1.82) is 5.26 Å². The smallest absolute Gasteiger partial charge is 0.101 e. The second kappa shape index (κ2) is 5.50. The zero-order chi connectivity index (χ0) is 12.3. The lowest BCUT2D eigenvalue weighted by atomic mass is 10.1. The summed E-state index contributed by atoms with van der Waals surface area (Å²) in [5.41, 5.74) is 1.54. The van der Waals surface area contributed by atoms with E-state index in [1.165, 1.54) is 0 Å². The average Bonchev–Trinajstić information content (AvgIpc) is 2.39. The fourth-order valence-corrected chi connectivity index (χ4v) is 2.26. The first-order valence-electron chi connectivity index (χ1n) is 5.41. The molecule has 0 saturated carbocycles. The Labute approximate surface area is 109 Å². The Morgan fingerprint density at radius 2 is 2.41 bits per heavy atom. The largest absolute Gasteiger partial charge is 0.394 e. The topological polar surface area (TPSA) is 56.5 Å². The van der Waals surface area contributed by atoms with Gasteiger partial charge in [-0.05, 0) is 18.2 Å². The molecule has 0 aromatic heterocycles. The molecular weight excluding hydrogens is 284 g/mol. The van der Waals surface area contributed by atoms with Crippen LogP contribution in [0, 0.1) is 11.3 Å². The third kappa shape index (κ3) is 2.78. The van der Waals surface area contributed by atoms with Crippen LogP contribution < -0.4 is 4.90 Å². The highest BCUT2D eigenvalue weighted by Crippen LogP contribution is 2.26. The minimum Gasteiger partial charge on any atom is -0.394 e. The fourth-order valence-electron chi connectivity index (χ4n) is 1.91. The Balaban J connectivity index is 2.27. The van der Waals surface area contributed by atoms with Gasteiger partial charge >= 0.3 is 0 Å². The van der Waals surface area contributed by atoms with Gasteiger partial charge in [-0.1, -0.05) is 15.9 Å². The van der Waals surface area contributed by atoms with Gasteiger partial charge in [0.15, 0.2) is 0 Å². The number of nitrogens with zero attached hydrogens (tertiary/aromatic N) is 2. The first-order chi connectivity index (χ1) is 8.24. The maximum atomic E-state index is 9.11. The molecule has 0 aliphatic carbocycles. The number of ether oxygens (including phenoxy) is 1. The van der Waals surface area contributed by atoms with E-state index in [4.69, 9.17) is 15.1 Å². The van der Waals surface area contributed by atoms with E-state index in [2.05, 4.69) is 26.9 Å². The zero-order valence-electron chi connectivity index (χ0n) is 9.27. The van der Waals surface area contributed by atoms with Crippen LogP contribution in [-0.4, -0.2) is 37.5 Å². The van der Waals surface area contributed by atoms with Crippen molar-refractivity contribution in [3.63, 3.8) is 0 Å². The molecule has 1 aromatic rings. The van der Waals surface area contributed by atoms with Crippen LogP contribution in [0.15, 0.2) is 22.7 Å². The molecule has 1 saturated heterocycles. The second-order valence-corrected chi connectivity index (χ2v) is 4.81. The molecule has 1 aliphatic rings. The lowest BCUT2D eigenvalue weighted by Gasteiger charge is -2.34. The van der Waals surface area contributed by atoms with Crippen molar-refractivity contribution in [3.8, 4) is 6.07 Å². The molecule has 0 bridgehead atoms. The van der Waals surface area contributed by atoms with Crippen LogP contribution in [0.2, 0.25) is 0 Å². The van der Waals surface area contributed by atoms with E-state index >= 15 is 0 Å². The van der Waals surface area contributed by atoms with E-state index in [-0.39, 0.29) is 12.7 Å². The quantitative estimate of drug-likeness (QED) is 0.899. The van der Waals surface area contributed by atoms with Crippen LogP contribution in [0.4, 0.5) is 5.69 Å². The summed E-state index contributed by atoms with van der Waals surface area (Å²) in [5, 5.41) is 18.2. The maximum absolute atomic E-state index is 9.11. The van der Waals surface area contributed by atoms with Gasteiger partial charge in [0, 0.05) is 17.6 Å². The predicted octanol–water partition coefficient (Wildman–Crippen LogP) is 1.52. The Morgan fingerprint density at radius 1 is 1.59 bits per heavy atom. The molecule has 1 aromatic carbocycles. The average molecular weight is 297 g/mol. The summed E-state index contributed by atoms with van der Waals surface area (Å²) in [6.45, 7) is 1.93. The molecule has 1 aliphatic heterocycles. The summed E-state index contributed by atoms with van der Waals surface area (Å²) >= 11 is 3.41. The van der Waals surface area contributed by atoms with Crippen LogP contribution in [0.3, 0.4) is 0 Å². The van der Waals surface area contributed by atoms with Gasteiger partial charge < -0.3 is 14.7 Å². The van der Waals surface area contributed by atoms with Crippen LogP contribution in [0.1, 0.15) is 5.56 Å². The third-order valence-electron chi connectivity index (χ3n) is 2.76. The lowest BCUT2D eigenvalue weighted by molar-refractivity contribution is 0.00355. The summed E-state index contributed by atoms with van der Waals surface area (Å²) in [6.07, 6.45) is -0.172. The molecule has 0 amide bonds. The standard InChI is InChI=1S/C12H13BrN2O2/c13-10-2-1-9(6-14)12(5-10)15-3-4-17-11(7-15)8-16/h1-2,5,11,16H,3-4,7-8H2. The first kappa shape index (κ1) is 12.4. The highest BCUT2D eigenvalue weighted by Gasteiger charge is 2.21. The van der Waals surface area contributed by atoms with Crippen molar-refractivity contribution in [2.75, 3.05) is 31.2 Å². The highest BCUT2D eigenvalue weighted by atomic mass is 79.9. The van der Waals surface area contributed by atoms with Crippen molar-refractivity contribution in [1.82, 2.24) is 0 Å². The second-order valence-electron chi connectivity index (χ2n) is 3.89. The predicted molar refractivity (Wildman–Crippen MR) is 67.9 cm³/mol. The third-order valence-corrected chi connectivity index (χ3v) is 3.26. The van der Waals surface area contributed by atoms with Crippen molar-refractivity contribution in [3.05, 3.63) is 28.2 Å². The SMILES string of the molecule is N#Cc1ccc(Br)cc1N1CCOC(CO)C1. The van der Waals surface area contributed by atoms with Crippen molar-refractivity contribution >= 4 is 21.6 Å². The molecule has 4 nitrogen and oxygen atoms in total. The summed E-state index contributed by atoms with van der Waals surface area (Å²) in [5.74, 6) is 0. The van der Waals surface area contributed by atoms with Gasteiger partial charge in [-0.25, -0.2) is 0 Å². The number of nitriles is 1. The van der Waals surface area contributed by atoms with Crippen LogP contribution in [0.25, 0.3) is 0 Å². The molecule has 1 fully saturated rings. The van der Waals surface area contributed by atoms with Crippen molar-refractivity contribution in [2.45, 2.75) is 6.10 Å².